The first-order chi connectivity index (χ1) is 7.25. The third-order valence-corrected chi connectivity index (χ3v) is 2.40. The van der Waals surface area contributed by atoms with Gasteiger partial charge in [-0.25, -0.2) is 4.98 Å². The van der Waals surface area contributed by atoms with E-state index in [1.807, 2.05) is 12.1 Å². The monoisotopic (exact) mass is 201 g/mol. The van der Waals surface area contributed by atoms with Crippen LogP contribution < -0.4 is 11.1 Å². The second kappa shape index (κ2) is 4.17. The maximum absolute atomic E-state index is 5.81. The van der Waals surface area contributed by atoms with Crippen molar-refractivity contribution in [2.45, 2.75) is 19.8 Å². The molecule has 0 atom stereocenters. The lowest BCUT2D eigenvalue weighted by Gasteiger charge is -2.14. The molecule has 3 nitrogen and oxygen atoms in total. The number of anilines is 2. The Morgan fingerprint density at radius 1 is 1.47 bits per heavy atom. The molecule has 1 aromatic rings. The van der Waals surface area contributed by atoms with Gasteiger partial charge in [0.2, 0.25) is 0 Å². The third-order valence-electron chi connectivity index (χ3n) is 2.40. The molecule has 78 valence electrons. The smallest absolute Gasteiger partial charge is 0.153 e. The molecule has 0 aromatic carbocycles. The van der Waals surface area contributed by atoms with Crippen molar-refractivity contribution in [1.82, 2.24) is 4.98 Å². The molecule has 0 aliphatic heterocycles. The summed E-state index contributed by atoms with van der Waals surface area (Å²) < 4.78 is 0. The molecule has 0 unspecified atom stereocenters. The van der Waals surface area contributed by atoms with E-state index < -0.39 is 0 Å². The van der Waals surface area contributed by atoms with Crippen molar-refractivity contribution in [3.8, 4) is 0 Å². The molecule has 0 spiro atoms. The van der Waals surface area contributed by atoms with Gasteiger partial charge in [0, 0.05) is 11.9 Å². The van der Waals surface area contributed by atoms with Crippen LogP contribution in [0, 0.1) is 0 Å². The fourth-order valence-corrected chi connectivity index (χ4v) is 1.63. The van der Waals surface area contributed by atoms with E-state index in [9.17, 15) is 0 Å². The van der Waals surface area contributed by atoms with Gasteiger partial charge in [0.15, 0.2) is 5.82 Å². The predicted octanol–water partition coefficient (Wildman–Crippen LogP) is 2.70. The Morgan fingerprint density at radius 2 is 2.33 bits per heavy atom. The first kappa shape index (κ1) is 9.77. The summed E-state index contributed by atoms with van der Waals surface area (Å²) in [4.78, 5) is 4.20. The van der Waals surface area contributed by atoms with E-state index in [1.54, 1.807) is 6.20 Å². The van der Waals surface area contributed by atoms with Crippen LogP contribution >= 0.6 is 0 Å². The van der Waals surface area contributed by atoms with E-state index in [0.29, 0.717) is 5.69 Å². The Labute approximate surface area is 89.7 Å². The summed E-state index contributed by atoms with van der Waals surface area (Å²) in [7, 11) is 0. The molecule has 3 N–H and O–H groups in total. The van der Waals surface area contributed by atoms with E-state index in [2.05, 4.69) is 29.4 Å². The van der Waals surface area contributed by atoms with Gasteiger partial charge in [-0.3, -0.25) is 0 Å². The number of nitrogens with one attached hydrogen (secondary N) is 1. The van der Waals surface area contributed by atoms with Crippen molar-refractivity contribution in [2.24, 2.45) is 0 Å². The highest BCUT2D eigenvalue weighted by Gasteiger charge is 2.05. The van der Waals surface area contributed by atoms with Crippen LogP contribution in [0.4, 0.5) is 11.5 Å². The maximum atomic E-state index is 5.81. The molecule has 1 aromatic heterocycles. The van der Waals surface area contributed by atoms with Gasteiger partial charge in [0.1, 0.15) is 0 Å². The predicted molar refractivity (Wildman–Crippen MR) is 63.3 cm³/mol. The largest absolute Gasteiger partial charge is 0.396 e. The van der Waals surface area contributed by atoms with Crippen LogP contribution in [0.5, 0.6) is 0 Å². The molecule has 0 saturated carbocycles. The van der Waals surface area contributed by atoms with Crippen molar-refractivity contribution in [3.05, 3.63) is 41.8 Å². The number of nitrogens with zero attached hydrogens (tertiary/aromatic N) is 1. The Balaban J connectivity index is 2.16. The summed E-state index contributed by atoms with van der Waals surface area (Å²) in [6.07, 6.45) is 8.21. The zero-order valence-corrected chi connectivity index (χ0v) is 8.83. The molecule has 2 rings (SSSR count). The summed E-state index contributed by atoms with van der Waals surface area (Å²) in [5.41, 5.74) is 8.96. The summed E-state index contributed by atoms with van der Waals surface area (Å²) in [6, 6.07) is 3.68. The van der Waals surface area contributed by atoms with Crippen LogP contribution in [-0.2, 0) is 0 Å². The molecule has 0 amide bonds. The van der Waals surface area contributed by atoms with Crippen LogP contribution in [0.15, 0.2) is 41.8 Å². The van der Waals surface area contributed by atoms with Gasteiger partial charge in [-0.05, 0) is 38.0 Å². The van der Waals surface area contributed by atoms with Crippen LogP contribution in [0.1, 0.15) is 19.8 Å². The number of nitrogen functional groups attached to an aromatic ring is 1. The molecule has 1 heterocycles. The van der Waals surface area contributed by atoms with E-state index in [-0.39, 0.29) is 0 Å². The van der Waals surface area contributed by atoms with Gasteiger partial charge >= 0.3 is 0 Å². The number of allylic oxidation sites excluding steroid dienone is 4. The zero-order chi connectivity index (χ0) is 10.7. The van der Waals surface area contributed by atoms with E-state index >= 15 is 0 Å². The zero-order valence-electron chi connectivity index (χ0n) is 8.83. The average molecular weight is 201 g/mol. The van der Waals surface area contributed by atoms with Crippen molar-refractivity contribution >= 4 is 11.5 Å². The van der Waals surface area contributed by atoms with Gasteiger partial charge in [-0.15, -0.1) is 0 Å². The summed E-state index contributed by atoms with van der Waals surface area (Å²) in [6.45, 7) is 2.10. The number of nitrogens with two attached hydrogens (primary N) is 1. The normalized spacial score (nSPS) is 15.5. The molecule has 0 saturated heterocycles. The Morgan fingerprint density at radius 3 is 3.07 bits per heavy atom. The number of hydrogen-bond acceptors (Lipinski definition) is 3. The summed E-state index contributed by atoms with van der Waals surface area (Å²) in [5.74, 6) is 0.749. The molecule has 0 radical (unpaired) electrons. The average Bonchev–Trinajstić information content (AvgIpc) is 2.22. The van der Waals surface area contributed by atoms with E-state index in [0.717, 1.165) is 18.7 Å². The first-order valence-electron chi connectivity index (χ1n) is 5.10. The maximum Gasteiger partial charge on any atom is 0.153 e. The third kappa shape index (κ3) is 2.37. The summed E-state index contributed by atoms with van der Waals surface area (Å²) in [5, 5.41) is 3.26. The van der Waals surface area contributed by atoms with Crippen LogP contribution in [0.2, 0.25) is 0 Å². The highest BCUT2D eigenvalue weighted by atomic mass is 15.0. The lowest BCUT2D eigenvalue weighted by Crippen LogP contribution is -2.06. The Hall–Kier alpha value is -1.77. The fraction of sp³-hybridized carbons (Fsp3) is 0.250. The standard InChI is InChI=1S/C12H15N3/c1-9-4-2-5-10(8-9)15-12-11(13)6-3-7-14-12/h3-4,6-8H,2,5,13H2,1H3,(H,14,15). The number of pyridine rings is 1. The number of hydrogen-bond donors (Lipinski definition) is 2. The minimum atomic E-state index is 0.686. The molecule has 0 bridgehead atoms. The SMILES string of the molecule is CC1=CCCC(Nc2ncccc2N)=C1. The number of rotatable bonds is 2. The van der Waals surface area contributed by atoms with Gasteiger partial charge in [-0.1, -0.05) is 11.6 Å². The molecule has 15 heavy (non-hydrogen) atoms. The first-order valence-corrected chi connectivity index (χ1v) is 5.10. The molecular weight excluding hydrogens is 186 g/mol. The lowest BCUT2D eigenvalue weighted by molar-refractivity contribution is 0.947. The summed E-state index contributed by atoms with van der Waals surface area (Å²) >= 11 is 0. The topological polar surface area (TPSA) is 50.9 Å². The van der Waals surface area contributed by atoms with Crippen molar-refractivity contribution in [3.63, 3.8) is 0 Å². The molecule has 1 aliphatic carbocycles. The van der Waals surface area contributed by atoms with Gasteiger partial charge < -0.3 is 11.1 Å². The Kier molecular flexibility index (Phi) is 2.72. The van der Waals surface area contributed by atoms with Crippen molar-refractivity contribution < 1.29 is 0 Å². The molecule has 3 heteroatoms. The van der Waals surface area contributed by atoms with Crippen LogP contribution in [0.25, 0.3) is 0 Å². The fourth-order valence-electron chi connectivity index (χ4n) is 1.63. The van der Waals surface area contributed by atoms with Gasteiger partial charge in [-0.2, -0.15) is 0 Å². The number of aromatic nitrogens is 1. The highest BCUT2D eigenvalue weighted by Crippen LogP contribution is 2.21. The highest BCUT2D eigenvalue weighted by molar-refractivity contribution is 5.63. The van der Waals surface area contributed by atoms with E-state index in [1.165, 1.54) is 11.3 Å². The van der Waals surface area contributed by atoms with Crippen molar-refractivity contribution in [2.75, 3.05) is 11.1 Å². The Bertz CT molecular complexity index is 419. The molecule has 1 aliphatic rings. The second-order valence-electron chi connectivity index (χ2n) is 3.72. The lowest BCUT2D eigenvalue weighted by atomic mass is 10.1. The quantitative estimate of drug-likeness (QED) is 0.773. The minimum Gasteiger partial charge on any atom is -0.396 e. The van der Waals surface area contributed by atoms with Crippen LogP contribution in [0.3, 0.4) is 0 Å². The molecule has 0 fully saturated rings. The minimum absolute atomic E-state index is 0.686. The van der Waals surface area contributed by atoms with Gasteiger partial charge in [0.25, 0.3) is 0 Å². The molecular formula is C12H15N3. The second-order valence-corrected chi connectivity index (χ2v) is 3.72. The van der Waals surface area contributed by atoms with Crippen LogP contribution in [-0.4, -0.2) is 4.98 Å². The van der Waals surface area contributed by atoms with Gasteiger partial charge in [0.05, 0.1) is 5.69 Å². The van der Waals surface area contributed by atoms with E-state index in [4.69, 9.17) is 5.73 Å². The van der Waals surface area contributed by atoms with Crippen molar-refractivity contribution in [1.29, 1.82) is 0 Å².